The lowest BCUT2D eigenvalue weighted by Crippen LogP contribution is -2.47. The number of halogens is 1. The van der Waals surface area contributed by atoms with E-state index >= 15 is 0 Å². The highest BCUT2D eigenvalue weighted by Crippen LogP contribution is 2.42. The van der Waals surface area contributed by atoms with Crippen LogP contribution in [-0.2, 0) is 4.79 Å². The SMILES string of the molecule is COc1cccc(C(c2cccc(F)c2)N2CCCCC2C(=O)O)c1OC. The maximum atomic E-state index is 14.0. The van der Waals surface area contributed by atoms with Crippen molar-refractivity contribution in [1.82, 2.24) is 4.90 Å². The van der Waals surface area contributed by atoms with Crippen LogP contribution >= 0.6 is 0 Å². The Labute approximate surface area is 158 Å². The van der Waals surface area contributed by atoms with Crippen LogP contribution < -0.4 is 9.47 Å². The van der Waals surface area contributed by atoms with E-state index in [1.165, 1.54) is 12.1 Å². The highest BCUT2D eigenvalue weighted by molar-refractivity contribution is 5.74. The lowest BCUT2D eigenvalue weighted by atomic mass is 9.91. The molecule has 2 aromatic rings. The molecule has 5 nitrogen and oxygen atoms in total. The molecular formula is C21H24FNO4. The Morgan fingerprint density at radius 2 is 1.96 bits per heavy atom. The van der Waals surface area contributed by atoms with Crippen LogP contribution in [0.25, 0.3) is 0 Å². The molecule has 0 amide bonds. The maximum Gasteiger partial charge on any atom is 0.320 e. The second kappa shape index (κ2) is 8.39. The van der Waals surface area contributed by atoms with Gasteiger partial charge in [-0.25, -0.2) is 4.39 Å². The number of methoxy groups -OCH3 is 2. The molecule has 1 aliphatic rings. The van der Waals surface area contributed by atoms with Crippen molar-refractivity contribution in [1.29, 1.82) is 0 Å². The number of hydrogen-bond donors (Lipinski definition) is 1. The number of para-hydroxylation sites is 1. The second-order valence-electron chi connectivity index (χ2n) is 6.63. The number of aliphatic carboxylic acids is 1. The Morgan fingerprint density at radius 3 is 2.63 bits per heavy atom. The molecule has 0 radical (unpaired) electrons. The summed E-state index contributed by atoms with van der Waals surface area (Å²) in [7, 11) is 3.11. The van der Waals surface area contributed by atoms with Gasteiger partial charge in [0.2, 0.25) is 0 Å². The number of benzene rings is 2. The molecule has 27 heavy (non-hydrogen) atoms. The summed E-state index contributed by atoms with van der Waals surface area (Å²) >= 11 is 0. The number of carbonyl (C=O) groups is 1. The fourth-order valence-corrected chi connectivity index (χ4v) is 3.88. The normalized spacial score (nSPS) is 18.7. The zero-order valence-electron chi connectivity index (χ0n) is 15.5. The van der Waals surface area contributed by atoms with Crippen molar-refractivity contribution in [3.63, 3.8) is 0 Å². The third-order valence-electron chi connectivity index (χ3n) is 5.05. The Bertz CT molecular complexity index is 811. The Morgan fingerprint density at radius 1 is 1.19 bits per heavy atom. The number of ether oxygens (including phenoxy) is 2. The zero-order chi connectivity index (χ0) is 19.4. The summed E-state index contributed by atoms with van der Waals surface area (Å²) in [5.74, 6) is -0.134. The summed E-state index contributed by atoms with van der Waals surface area (Å²) in [6.45, 7) is 0.610. The van der Waals surface area contributed by atoms with Crippen LogP contribution in [0.2, 0.25) is 0 Å². The first kappa shape index (κ1) is 19.2. The number of piperidine rings is 1. The fraction of sp³-hybridized carbons (Fsp3) is 0.381. The summed E-state index contributed by atoms with van der Waals surface area (Å²) < 4.78 is 25.0. The standard InChI is InChI=1S/C21H24FNO4/c1-26-18-11-6-9-16(20(18)27-2)19(14-7-5-8-15(22)13-14)23-12-4-3-10-17(23)21(24)25/h5-9,11,13,17,19H,3-4,10,12H2,1-2H3,(H,24,25). The molecule has 0 saturated carbocycles. The van der Waals surface area contributed by atoms with Crippen LogP contribution in [0.5, 0.6) is 11.5 Å². The van der Waals surface area contributed by atoms with Crippen molar-refractivity contribution in [2.24, 2.45) is 0 Å². The van der Waals surface area contributed by atoms with Crippen LogP contribution in [0.4, 0.5) is 4.39 Å². The summed E-state index contributed by atoms with van der Waals surface area (Å²) in [6.07, 6.45) is 2.31. The van der Waals surface area contributed by atoms with Gasteiger partial charge in [0, 0.05) is 5.56 Å². The number of nitrogens with zero attached hydrogens (tertiary/aromatic N) is 1. The van der Waals surface area contributed by atoms with Gasteiger partial charge in [-0.05, 0) is 43.1 Å². The van der Waals surface area contributed by atoms with Gasteiger partial charge >= 0.3 is 5.97 Å². The minimum absolute atomic E-state index is 0.358. The smallest absolute Gasteiger partial charge is 0.320 e. The van der Waals surface area contributed by atoms with Gasteiger partial charge in [-0.1, -0.05) is 30.7 Å². The molecule has 0 aliphatic carbocycles. The first-order valence-electron chi connectivity index (χ1n) is 9.01. The first-order valence-corrected chi connectivity index (χ1v) is 9.01. The molecule has 2 atom stereocenters. The molecule has 2 unspecified atom stereocenters. The summed E-state index contributed by atoms with van der Waals surface area (Å²) in [4.78, 5) is 13.8. The van der Waals surface area contributed by atoms with E-state index in [2.05, 4.69) is 0 Å². The van der Waals surface area contributed by atoms with Crippen molar-refractivity contribution in [2.45, 2.75) is 31.3 Å². The molecule has 1 aliphatic heterocycles. The van der Waals surface area contributed by atoms with Crippen molar-refractivity contribution in [3.8, 4) is 11.5 Å². The molecular weight excluding hydrogens is 349 g/mol. The molecule has 0 spiro atoms. The number of carboxylic acids is 1. The van der Waals surface area contributed by atoms with Gasteiger partial charge in [-0.2, -0.15) is 0 Å². The van der Waals surface area contributed by atoms with Crippen LogP contribution in [0.1, 0.15) is 36.4 Å². The molecule has 144 valence electrons. The molecule has 2 aromatic carbocycles. The lowest BCUT2D eigenvalue weighted by molar-refractivity contribution is -0.145. The largest absolute Gasteiger partial charge is 0.493 e. The van der Waals surface area contributed by atoms with E-state index in [1.807, 2.05) is 23.1 Å². The predicted octanol–water partition coefficient (Wildman–Crippen LogP) is 3.87. The minimum Gasteiger partial charge on any atom is -0.493 e. The van der Waals surface area contributed by atoms with Crippen LogP contribution in [0.3, 0.4) is 0 Å². The first-order chi connectivity index (χ1) is 13.1. The molecule has 0 bridgehead atoms. The number of rotatable bonds is 6. The Kier molecular flexibility index (Phi) is 5.96. The van der Waals surface area contributed by atoms with Crippen molar-refractivity contribution in [2.75, 3.05) is 20.8 Å². The molecule has 0 aromatic heterocycles. The topological polar surface area (TPSA) is 59.0 Å². The second-order valence-corrected chi connectivity index (χ2v) is 6.63. The average Bonchev–Trinajstić information content (AvgIpc) is 2.68. The number of hydrogen-bond acceptors (Lipinski definition) is 4. The monoisotopic (exact) mass is 373 g/mol. The van der Waals surface area contributed by atoms with E-state index in [0.717, 1.165) is 18.4 Å². The highest BCUT2D eigenvalue weighted by Gasteiger charge is 2.36. The van der Waals surface area contributed by atoms with E-state index in [4.69, 9.17) is 9.47 Å². The summed E-state index contributed by atoms with van der Waals surface area (Å²) in [5, 5.41) is 9.76. The van der Waals surface area contributed by atoms with Gasteiger partial charge in [0.25, 0.3) is 0 Å². The van der Waals surface area contributed by atoms with E-state index in [-0.39, 0.29) is 5.82 Å². The number of carboxylic acid groups (broad SMARTS) is 1. The summed E-state index contributed by atoms with van der Waals surface area (Å²) in [5.41, 5.74) is 1.45. The van der Waals surface area contributed by atoms with Crippen LogP contribution in [0, 0.1) is 5.82 Å². The third-order valence-corrected chi connectivity index (χ3v) is 5.05. The lowest BCUT2D eigenvalue weighted by Gasteiger charge is -2.40. The quantitative estimate of drug-likeness (QED) is 0.833. The Balaban J connectivity index is 2.18. The van der Waals surface area contributed by atoms with Gasteiger partial charge in [0.05, 0.1) is 20.3 Å². The fourth-order valence-electron chi connectivity index (χ4n) is 3.88. The summed E-state index contributed by atoms with van der Waals surface area (Å²) in [6, 6.07) is 10.7. The highest BCUT2D eigenvalue weighted by atomic mass is 19.1. The van der Waals surface area contributed by atoms with Crippen molar-refractivity contribution >= 4 is 5.97 Å². The van der Waals surface area contributed by atoms with Gasteiger partial charge in [0.15, 0.2) is 11.5 Å². The Hall–Kier alpha value is -2.60. The van der Waals surface area contributed by atoms with Gasteiger partial charge < -0.3 is 14.6 Å². The molecule has 1 fully saturated rings. The van der Waals surface area contributed by atoms with E-state index in [0.29, 0.717) is 30.0 Å². The molecule has 1 saturated heterocycles. The molecule has 1 heterocycles. The van der Waals surface area contributed by atoms with Gasteiger partial charge in [0.1, 0.15) is 11.9 Å². The third kappa shape index (κ3) is 3.90. The van der Waals surface area contributed by atoms with E-state index < -0.39 is 18.1 Å². The maximum absolute atomic E-state index is 14.0. The molecule has 1 N–H and O–H groups in total. The van der Waals surface area contributed by atoms with E-state index in [9.17, 15) is 14.3 Å². The predicted molar refractivity (Wildman–Crippen MR) is 99.8 cm³/mol. The molecule has 6 heteroatoms. The van der Waals surface area contributed by atoms with E-state index in [1.54, 1.807) is 26.4 Å². The van der Waals surface area contributed by atoms with Crippen molar-refractivity contribution < 1.29 is 23.8 Å². The van der Waals surface area contributed by atoms with Crippen molar-refractivity contribution in [3.05, 3.63) is 59.4 Å². The minimum atomic E-state index is -0.863. The number of likely N-dealkylation sites (tertiary alicyclic amines) is 1. The zero-order valence-corrected chi connectivity index (χ0v) is 15.5. The van der Waals surface area contributed by atoms with Crippen LogP contribution in [0.15, 0.2) is 42.5 Å². The molecule has 3 rings (SSSR count). The average molecular weight is 373 g/mol. The van der Waals surface area contributed by atoms with Gasteiger partial charge in [-0.15, -0.1) is 0 Å². The van der Waals surface area contributed by atoms with Gasteiger partial charge in [-0.3, -0.25) is 9.69 Å². The van der Waals surface area contributed by atoms with Crippen LogP contribution in [-0.4, -0.2) is 42.8 Å².